The topological polar surface area (TPSA) is 46.0 Å². The van der Waals surface area contributed by atoms with Crippen LogP contribution < -0.4 is 5.32 Å². The summed E-state index contributed by atoms with van der Waals surface area (Å²) < 4.78 is 2.09. The van der Waals surface area contributed by atoms with Crippen LogP contribution in [-0.2, 0) is 6.54 Å². The van der Waals surface area contributed by atoms with Gasteiger partial charge in [-0.15, -0.1) is 5.10 Å². The molecule has 0 amide bonds. The highest BCUT2D eigenvalue weighted by atomic mass is 15.4. The number of hydrogen-bond acceptors (Lipinski definition) is 4. The summed E-state index contributed by atoms with van der Waals surface area (Å²) in [6, 6.07) is 0.316. The Bertz CT molecular complexity index is 420. The quantitative estimate of drug-likeness (QED) is 0.800. The van der Waals surface area contributed by atoms with E-state index < -0.39 is 0 Å². The summed E-state index contributed by atoms with van der Waals surface area (Å²) in [6.45, 7) is 6.40. The van der Waals surface area contributed by atoms with Gasteiger partial charge >= 0.3 is 0 Å². The van der Waals surface area contributed by atoms with Crippen molar-refractivity contribution in [2.75, 3.05) is 20.6 Å². The van der Waals surface area contributed by atoms with Gasteiger partial charge < -0.3 is 10.2 Å². The first-order valence-electron chi connectivity index (χ1n) is 8.45. The SMILES string of the molecule is CCCNC(c1cnnn1CCC)C1(N(C)C)CCCC1. The largest absolute Gasteiger partial charge is 0.307 e. The second-order valence-electron chi connectivity index (χ2n) is 6.47. The van der Waals surface area contributed by atoms with E-state index in [-0.39, 0.29) is 5.54 Å². The monoisotopic (exact) mass is 293 g/mol. The smallest absolute Gasteiger partial charge is 0.0775 e. The summed E-state index contributed by atoms with van der Waals surface area (Å²) in [5, 5.41) is 12.3. The van der Waals surface area contributed by atoms with E-state index in [1.165, 1.54) is 31.4 Å². The van der Waals surface area contributed by atoms with Gasteiger partial charge in [-0.25, -0.2) is 4.68 Å². The van der Waals surface area contributed by atoms with E-state index >= 15 is 0 Å². The lowest BCUT2D eigenvalue weighted by atomic mass is 9.84. The minimum Gasteiger partial charge on any atom is -0.307 e. The summed E-state index contributed by atoms with van der Waals surface area (Å²) in [7, 11) is 4.44. The van der Waals surface area contributed by atoms with Gasteiger partial charge in [-0.3, -0.25) is 0 Å². The Hall–Kier alpha value is -0.940. The van der Waals surface area contributed by atoms with Crippen molar-refractivity contribution in [2.24, 2.45) is 0 Å². The van der Waals surface area contributed by atoms with E-state index in [0.717, 1.165) is 25.9 Å². The zero-order valence-corrected chi connectivity index (χ0v) is 14.1. The Labute approximate surface area is 129 Å². The predicted octanol–water partition coefficient (Wildman–Crippen LogP) is 2.60. The van der Waals surface area contributed by atoms with E-state index in [2.05, 4.69) is 53.2 Å². The zero-order chi connectivity index (χ0) is 15.3. The van der Waals surface area contributed by atoms with Crippen LogP contribution in [0.15, 0.2) is 6.20 Å². The molecular weight excluding hydrogens is 262 g/mol. The molecular formula is C16H31N5. The summed E-state index contributed by atoms with van der Waals surface area (Å²) in [6.07, 6.45) is 9.33. The van der Waals surface area contributed by atoms with Crippen molar-refractivity contribution < 1.29 is 0 Å². The molecule has 5 heteroatoms. The van der Waals surface area contributed by atoms with Gasteiger partial charge in [-0.05, 0) is 46.3 Å². The molecule has 1 aliphatic rings. The van der Waals surface area contributed by atoms with Crippen molar-refractivity contribution >= 4 is 0 Å². The van der Waals surface area contributed by atoms with Gasteiger partial charge in [0.05, 0.1) is 17.9 Å². The third-order valence-electron chi connectivity index (χ3n) is 4.87. The van der Waals surface area contributed by atoms with Crippen LogP contribution >= 0.6 is 0 Å². The Morgan fingerprint density at radius 3 is 2.57 bits per heavy atom. The molecule has 0 radical (unpaired) electrons. The molecule has 1 aliphatic carbocycles. The Morgan fingerprint density at radius 1 is 1.29 bits per heavy atom. The normalized spacial score (nSPS) is 19.3. The van der Waals surface area contributed by atoms with E-state index in [9.17, 15) is 0 Å². The second-order valence-corrected chi connectivity index (χ2v) is 6.47. The molecule has 0 spiro atoms. The van der Waals surface area contributed by atoms with Crippen molar-refractivity contribution in [2.45, 2.75) is 70.5 Å². The molecule has 0 aliphatic heterocycles. The molecule has 0 aromatic carbocycles. The van der Waals surface area contributed by atoms with Gasteiger partial charge in [0.1, 0.15) is 0 Å². The molecule has 1 unspecified atom stereocenters. The van der Waals surface area contributed by atoms with E-state index in [0.29, 0.717) is 6.04 Å². The van der Waals surface area contributed by atoms with Crippen LogP contribution in [0.25, 0.3) is 0 Å². The molecule has 1 aromatic rings. The minimum atomic E-state index is 0.197. The summed E-state index contributed by atoms with van der Waals surface area (Å²) in [5.41, 5.74) is 1.45. The third kappa shape index (κ3) is 3.29. The van der Waals surface area contributed by atoms with Gasteiger partial charge in [-0.2, -0.15) is 0 Å². The van der Waals surface area contributed by atoms with Crippen LogP contribution in [0.3, 0.4) is 0 Å². The molecule has 1 aromatic heterocycles. The molecule has 0 saturated heterocycles. The number of likely N-dealkylation sites (N-methyl/N-ethyl adjacent to an activating group) is 1. The lowest BCUT2D eigenvalue weighted by Crippen LogP contribution is -2.52. The van der Waals surface area contributed by atoms with E-state index in [4.69, 9.17) is 0 Å². The Kier molecular flexibility index (Phi) is 5.76. The fourth-order valence-electron chi connectivity index (χ4n) is 3.71. The molecule has 0 bridgehead atoms. The lowest BCUT2D eigenvalue weighted by Gasteiger charge is -2.43. The molecule has 21 heavy (non-hydrogen) atoms. The molecule has 120 valence electrons. The average Bonchev–Trinajstić information content (AvgIpc) is 3.10. The van der Waals surface area contributed by atoms with Gasteiger partial charge in [0, 0.05) is 12.1 Å². The lowest BCUT2D eigenvalue weighted by molar-refractivity contribution is 0.0998. The first-order chi connectivity index (χ1) is 10.2. The van der Waals surface area contributed by atoms with Crippen LogP contribution in [0.5, 0.6) is 0 Å². The minimum absolute atomic E-state index is 0.197. The summed E-state index contributed by atoms with van der Waals surface area (Å²) in [5.74, 6) is 0. The van der Waals surface area contributed by atoms with E-state index in [1.54, 1.807) is 0 Å². The van der Waals surface area contributed by atoms with Crippen molar-refractivity contribution in [1.29, 1.82) is 0 Å². The standard InChI is InChI=1S/C16H31N5/c1-5-11-17-15(14-13-18-19-21(14)12-6-2)16(20(3)4)9-7-8-10-16/h13,15,17H,5-12H2,1-4H3. The highest BCUT2D eigenvalue weighted by molar-refractivity contribution is 5.14. The van der Waals surface area contributed by atoms with Crippen molar-refractivity contribution in [3.8, 4) is 0 Å². The number of rotatable bonds is 8. The molecule has 1 fully saturated rings. The fraction of sp³-hybridized carbons (Fsp3) is 0.875. The maximum atomic E-state index is 4.30. The number of nitrogens with one attached hydrogen (secondary N) is 1. The molecule has 2 rings (SSSR count). The molecule has 1 N–H and O–H groups in total. The maximum Gasteiger partial charge on any atom is 0.0775 e. The highest BCUT2D eigenvalue weighted by Gasteiger charge is 2.45. The van der Waals surface area contributed by atoms with Gasteiger partial charge in [0.15, 0.2) is 0 Å². The molecule has 5 nitrogen and oxygen atoms in total. The first kappa shape index (κ1) is 16.4. The summed E-state index contributed by atoms with van der Waals surface area (Å²) in [4.78, 5) is 2.43. The zero-order valence-electron chi connectivity index (χ0n) is 14.1. The maximum absolute atomic E-state index is 4.30. The van der Waals surface area contributed by atoms with E-state index in [1.807, 2.05) is 6.20 Å². The second kappa shape index (κ2) is 7.36. The van der Waals surface area contributed by atoms with Gasteiger partial charge in [0.2, 0.25) is 0 Å². The number of aromatic nitrogens is 3. The van der Waals surface area contributed by atoms with Crippen LogP contribution in [0, 0.1) is 0 Å². The average molecular weight is 293 g/mol. The van der Waals surface area contributed by atoms with Gasteiger partial charge in [-0.1, -0.05) is 31.9 Å². The van der Waals surface area contributed by atoms with Crippen LogP contribution in [0.4, 0.5) is 0 Å². The molecule has 1 saturated carbocycles. The van der Waals surface area contributed by atoms with Crippen LogP contribution in [-0.4, -0.2) is 46.1 Å². The van der Waals surface area contributed by atoms with Crippen molar-refractivity contribution in [3.05, 3.63) is 11.9 Å². The van der Waals surface area contributed by atoms with Crippen molar-refractivity contribution in [3.63, 3.8) is 0 Å². The first-order valence-corrected chi connectivity index (χ1v) is 8.45. The number of aryl methyl sites for hydroxylation is 1. The Balaban J connectivity index is 2.34. The third-order valence-corrected chi connectivity index (χ3v) is 4.87. The summed E-state index contributed by atoms with van der Waals surface area (Å²) >= 11 is 0. The Morgan fingerprint density at radius 2 is 2.00 bits per heavy atom. The predicted molar refractivity (Wildman–Crippen MR) is 86.2 cm³/mol. The highest BCUT2D eigenvalue weighted by Crippen LogP contribution is 2.43. The molecule has 1 heterocycles. The number of hydrogen-bond donors (Lipinski definition) is 1. The fourth-order valence-corrected chi connectivity index (χ4v) is 3.71. The van der Waals surface area contributed by atoms with Crippen LogP contribution in [0.1, 0.15) is 64.1 Å². The van der Waals surface area contributed by atoms with Crippen LogP contribution in [0.2, 0.25) is 0 Å². The van der Waals surface area contributed by atoms with Crippen molar-refractivity contribution in [1.82, 2.24) is 25.2 Å². The van der Waals surface area contributed by atoms with Gasteiger partial charge in [0.25, 0.3) is 0 Å². The number of nitrogens with zero attached hydrogens (tertiary/aromatic N) is 4. The molecule has 1 atom stereocenters.